The van der Waals surface area contributed by atoms with Crippen molar-refractivity contribution in [3.8, 4) is 0 Å². The summed E-state index contributed by atoms with van der Waals surface area (Å²) < 4.78 is 0. The van der Waals surface area contributed by atoms with Gasteiger partial charge in [0.1, 0.15) is 0 Å². The van der Waals surface area contributed by atoms with Crippen LogP contribution in [0.3, 0.4) is 0 Å². The van der Waals surface area contributed by atoms with E-state index in [1.807, 2.05) is 5.43 Å². The van der Waals surface area contributed by atoms with E-state index in [-0.39, 0.29) is 18.2 Å². The molecule has 0 heterocycles. The lowest BCUT2D eigenvalue weighted by atomic mass is 10.2. The van der Waals surface area contributed by atoms with Crippen LogP contribution < -0.4 is 22.3 Å². The first kappa shape index (κ1) is 13.9. The van der Waals surface area contributed by atoms with Crippen LogP contribution in [0.1, 0.15) is 32.1 Å². The zero-order valence-corrected chi connectivity index (χ0v) is 8.92. The Morgan fingerprint density at radius 2 is 1.73 bits per heavy atom. The zero-order chi connectivity index (χ0) is 11.5. The van der Waals surface area contributed by atoms with Crippen LogP contribution >= 0.6 is 0 Å². The molecule has 0 aliphatic rings. The van der Waals surface area contributed by atoms with Crippen LogP contribution in [0.2, 0.25) is 0 Å². The maximum Gasteiger partial charge on any atom is 0.235 e. The third-order valence-electron chi connectivity index (χ3n) is 1.94. The number of unbranched alkanes of at least 4 members (excludes halogenated alkanes) is 2. The van der Waals surface area contributed by atoms with Crippen molar-refractivity contribution >= 4 is 11.8 Å². The molecule has 6 heteroatoms. The lowest BCUT2D eigenvalue weighted by Gasteiger charge is -2.04. The molecule has 0 saturated heterocycles. The predicted octanol–water partition coefficient (Wildman–Crippen LogP) is -0.998. The van der Waals surface area contributed by atoms with Gasteiger partial charge in [-0.25, -0.2) is 5.84 Å². The van der Waals surface area contributed by atoms with Crippen LogP contribution in [0.5, 0.6) is 0 Å². The highest BCUT2D eigenvalue weighted by Gasteiger charge is 2.02. The first-order valence-corrected chi connectivity index (χ1v) is 5.17. The minimum absolute atomic E-state index is 0.0307. The van der Waals surface area contributed by atoms with Gasteiger partial charge in [0.25, 0.3) is 0 Å². The van der Waals surface area contributed by atoms with Gasteiger partial charge in [-0.1, -0.05) is 6.42 Å². The third-order valence-corrected chi connectivity index (χ3v) is 1.94. The number of amides is 2. The van der Waals surface area contributed by atoms with Crippen LogP contribution in [0.15, 0.2) is 0 Å². The summed E-state index contributed by atoms with van der Waals surface area (Å²) in [5.41, 5.74) is 7.31. The summed E-state index contributed by atoms with van der Waals surface area (Å²) in [7, 11) is 0. The van der Waals surface area contributed by atoms with Crippen molar-refractivity contribution in [2.24, 2.45) is 11.6 Å². The highest BCUT2D eigenvalue weighted by atomic mass is 16.2. The second kappa shape index (κ2) is 9.42. The fourth-order valence-corrected chi connectivity index (χ4v) is 1.08. The van der Waals surface area contributed by atoms with Gasteiger partial charge in [0.05, 0.1) is 0 Å². The number of nitrogens with one attached hydrogen (secondary N) is 2. The molecule has 0 rings (SSSR count). The van der Waals surface area contributed by atoms with Crippen molar-refractivity contribution in [2.75, 3.05) is 13.1 Å². The molecule has 0 aliphatic carbocycles. The van der Waals surface area contributed by atoms with Gasteiger partial charge in [0.15, 0.2) is 0 Å². The first-order chi connectivity index (χ1) is 7.20. The highest BCUT2D eigenvalue weighted by Crippen LogP contribution is 1.97. The molecule has 15 heavy (non-hydrogen) atoms. The molecule has 0 radical (unpaired) electrons. The summed E-state index contributed by atoms with van der Waals surface area (Å²) in [6, 6.07) is 0. The summed E-state index contributed by atoms with van der Waals surface area (Å²) in [5, 5.41) is 2.64. The minimum Gasteiger partial charge on any atom is -0.356 e. The van der Waals surface area contributed by atoms with Crippen LogP contribution in [-0.4, -0.2) is 24.9 Å². The Balaban J connectivity index is 3.29. The fraction of sp³-hybridized carbons (Fsp3) is 0.778. The normalized spacial score (nSPS) is 9.73. The molecule has 0 fully saturated rings. The van der Waals surface area contributed by atoms with Gasteiger partial charge in [-0.2, -0.15) is 0 Å². The van der Waals surface area contributed by atoms with E-state index in [1.165, 1.54) is 0 Å². The van der Waals surface area contributed by atoms with E-state index in [0.29, 0.717) is 19.5 Å². The van der Waals surface area contributed by atoms with Gasteiger partial charge in [0, 0.05) is 19.4 Å². The molecule has 88 valence electrons. The Labute approximate surface area is 89.7 Å². The number of nitrogens with two attached hydrogens (primary N) is 2. The summed E-state index contributed by atoms with van der Waals surface area (Å²) in [5.74, 6) is 4.57. The molecule has 0 saturated carbocycles. The lowest BCUT2D eigenvalue weighted by Crippen LogP contribution is -2.34. The van der Waals surface area contributed by atoms with Crippen LogP contribution in [0, 0.1) is 0 Å². The Hall–Kier alpha value is -1.14. The molecule has 2 amide bonds. The highest BCUT2D eigenvalue weighted by molar-refractivity contribution is 5.78. The fourth-order valence-electron chi connectivity index (χ4n) is 1.08. The molecule has 0 spiro atoms. The number of carbonyl (C=O) groups excluding carboxylic acids is 2. The Bertz CT molecular complexity index is 197. The quantitative estimate of drug-likeness (QED) is 0.180. The first-order valence-electron chi connectivity index (χ1n) is 5.17. The molecule has 0 unspecified atom stereocenters. The minimum atomic E-state index is -0.279. The van der Waals surface area contributed by atoms with E-state index >= 15 is 0 Å². The van der Waals surface area contributed by atoms with E-state index in [9.17, 15) is 9.59 Å². The second-order valence-corrected chi connectivity index (χ2v) is 3.27. The van der Waals surface area contributed by atoms with E-state index in [2.05, 4.69) is 5.32 Å². The molecular formula is C9H20N4O2. The van der Waals surface area contributed by atoms with Crippen molar-refractivity contribution in [3.05, 3.63) is 0 Å². The van der Waals surface area contributed by atoms with Gasteiger partial charge in [-0.3, -0.25) is 15.0 Å². The zero-order valence-electron chi connectivity index (χ0n) is 8.92. The smallest absolute Gasteiger partial charge is 0.235 e. The number of rotatable bonds is 8. The molecule has 0 atom stereocenters. The molecule has 0 aromatic carbocycles. The summed E-state index contributed by atoms with van der Waals surface area (Å²) >= 11 is 0. The predicted molar refractivity (Wildman–Crippen MR) is 57.5 cm³/mol. The van der Waals surface area contributed by atoms with Gasteiger partial charge >= 0.3 is 0 Å². The number of carbonyl (C=O) groups is 2. The number of hydrogen-bond acceptors (Lipinski definition) is 4. The molecular weight excluding hydrogens is 196 g/mol. The monoisotopic (exact) mass is 216 g/mol. The molecule has 0 aromatic heterocycles. The van der Waals surface area contributed by atoms with Crippen molar-refractivity contribution in [3.63, 3.8) is 0 Å². The average molecular weight is 216 g/mol. The standard InChI is InChI=1S/C9H20N4O2/c10-6-3-1-2-4-8(14)12-7-5-9(15)13-11/h1-7,10-11H2,(H,12,14)(H,13,15). The van der Waals surface area contributed by atoms with E-state index in [4.69, 9.17) is 11.6 Å². The van der Waals surface area contributed by atoms with Crippen LogP contribution in [0.25, 0.3) is 0 Å². The van der Waals surface area contributed by atoms with Crippen molar-refractivity contribution in [1.29, 1.82) is 0 Å². The Kier molecular flexibility index (Phi) is 8.70. The van der Waals surface area contributed by atoms with E-state index in [0.717, 1.165) is 19.3 Å². The number of hydrogen-bond donors (Lipinski definition) is 4. The van der Waals surface area contributed by atoms with Gasteiger partial charge < -0.3 is 11.1 Å². The maximum atomic E-state index is 11.2. The topological polar surface area (TPSA) is 110 Å². The second-order valence-electron chi connectivity index (χ2n) is 3.27. The third kappa shape index (κ3) is 9.17. The van der Waals surface area contributed by atoms with Crippen LogP contribution in [0.4, 0.5) is 0 Å². The average Bonchev–Trinajstić information content (AvgIpc) is 2.24. The molecule has 6 nitrogen and oxygen atoms in total. The van der Waals surface area contributed by atoms with E-state index in [1.54, 1.807) is 0 Å². The summed E-state index contributed by atoms with van der Waals surface area (Å²) in [4.78, 5) is 21.9. The lowest BCUT2D eigenvalue weighted by molar-refractivity contribution is -0.122. The summed E-state index contributed by atoms with van der Waals surface area (Å²) in [6.45, 7) is 0.997. The van der Waals surface area contributed by atoms with Crippen LogP contribution in [-0.2, 0) is 9.59 Å². The Morgan fingerprint density at radius 1 is 1.00 bits per heavy atom. The maximum absolute atomic E-state index is 11.2. The van der Waals surface area contributed by atoms with Crippen molar-refractivity contribution in [2.45, 2.75) is 32.1 Å². The van der Waals surface area contributed by atoms with Crippen molar-refractivity contribution < 1.29 is 9.59 Å². The summed E-state index contributed by atoms with van der Waals surface area (Å²) in [6.07, 6.45) is 3.46. The van der Waals surface area contributed by atoms with Gasteiger partial charge in [-0.15, -0.1) is 0 Å². The molecule has 0 aromatic rings. The number of hydrazine groups is 1. The molecule has 6 N–H and O–H groups in total. The Morgan fingerprint density at radius 3 is 2.33 bits per heavy atom. The van der Waals surface area contributed by atoms with Crippen molar-refractivity contribution in [1.82, 2.24) is 10.7 Å². The molecule has 0 bridgehead atoms. The SMILES string of the molecule is NCCCCCC(=O)NCCC(=O)NN. The van der Waals surface area contributed by atoms with Gasteiger partial charge in [0.2, 0.25) is 11.8 Å². The largest absolute Gasteiger partial charge is 0.356 e. The van der Waals surface area contributed by atoms with Gasteiger partial charge in [-0.05, 0) is 19.4 Å². The van der Waals surface area contributed by atoms with E-state index < -0.39 is 0 Å². The molecule has 0 aliphatic heterocycles.